The Morgan fingerprint density at radius 2 is 2.17 bits per heavy atom. The van der Waals surface area contributed by atoms with E-state index in [1.165, 1.54) is 6.07 Å². The minimum Gasteiger partial charge on any atom is -0.366 e. The van der Waals surface area contributed by atoms with Gasteiger partial charge in [0.15, 0.2) is 0 Å². The number of morpholine rings is 1. The zero-order chi connectivity index (χ0) is 17.9. The fourth-order valence-corrected chi connectivity index (χ4v) is 2.58. The molecule has 2 rings (SSSR count). The van der Waals surface area contributed by atoms with Crippen LogP contribution in [0.2, 0.25) is 5.02 Å². The number of benzene rings is 1. The van der Waals surface area contributed by atoms with Crippen molar-refractivity contribution in [2.45, 2.75) is 25.6 Å². The number of likely N-dealkylation sites (N-methyl/N-ethyl adjacent to an activating group) is 1. The van der Waals surface area contributed by atoms with Crippen molar-refractivity contribution in [3.8, 4) is 0 Å². The number of carbonyl (C=O) groups is 2. The van der Waals surface area contributed by atoms with Crippen LogP contribution in [-0.2, 0) is 20.5 Å². The summed E-state index contributed by atoms with van der Waals surface area (Å²) in [6.45, 7) is 3.09. The van der Waals surface area contributed by atoms with Crippen molar-refractivity contribution in [1.82, 2.24) is 4.90 Å². The van der Waals surface area contributed by atoms with Crippen molar-refractivity contribution in [1.29, 1.82) is 0 Å². The third-order valence-corrected chi connectivity index (χ3v) is 3.90. The van der Waals surface area contributed by atoms with E-state index in [0.29, 0.717) is 19.7 Å². The SMILES string of the molecule is CCN1CCO[C@@H](CC(=O)Nc2ccc(Cl)c(C(F)(F)F)c2)C1=O. The van der Waals surface area contributed by atoms with Crippen LogP contribution in [0, 0.1) is 0 Å². The van der Waals surface area contributed by atoms with Gasteiger partial charge in [-0.05, 0) is 25.1 Å². The molecule has 5 nitrogen and oxygen atoms in total. The Hall–Kier alpha value is -1.80. The van der Waals surface area contributed by atoms with E-state index in [9.17, 15) is 22.8 Å². The molecule has 0 saturated carbocycles. The van der Waals surface area contributed by atoms with Crippen LogP contribution in [0.1, 0.15) is 18.9 Å². The van der Waals surface area contributed by atoms with Crippen LogP contribution in [0.25, 0.3) is 0 Å². The number of nitrogens with zero attached hydrogens (tertiary/aromatic N) is 1. The maximum Gasteiger partial charge on any atom is 0.417 e. The molecule has 1 N–H and O–H groups in total. The lowest BCUT2D eigenvalue weighted by Crippen LogP contribution is -2.48. The van der Waals surface area contributed by atoms with E-state index in [0.717, 1.165) is 12.1 Å². The number of carbonyl (C=O) groups excluding carboxylic acids is 2. The summed E-state index contributed by atoms with van der Waals surface area (Å²) >= 11 is 5.52. The van der Waals surface area contributed by atoms with Gasteiger partial charge in [-0.3, -0.25) is 9.59 Å². The Morgan fingerprint density at radius 3 is 2.79 bits per heavy atom. The zero-order valence-corrected chi connectivity index (χ0v) is 13.6. The van der Waals surface area contributed by atoms with Crippen molar-refractivity contribution in [3.05, 3.63) is 28.8 Å². The highest BCUT2D eigenvalue weighted by molar-refractivity contribution is 6.31. The molecule has 1 aromatic carbocycles. The molecular weight excluding hydrogens is 349 g/mol. The molecule has 9 heteroatoms. The molecule has 1 atom stereocenters. The van der Waals surface area contributed by atoms with Gasteiger partial charge in [0, 0.05) is 18.8 Å². The minimum atomic E-state index is -4.62. The number of halogens is 4. The first kappa shape index (κ1) is 18.5. The number of amides is 2. The van der Waals surface area contributed by atoms with E-state index in [4.69, 9.17) is 16.3 Å². The summed E-state index contributed by atoms with van der Waals surface area (Å²) < 4.78 is 43.7. The van der Waals surface area contributed by atoms with Gasteiger partial charge in [0.1, 0.15) is 6.10 Å². The van der Waals surface area contributed by atoms with Crippen LogP contribution in [0.5, 0.6) is 0 Å². The van der Waals surface area contributed by atoms with Crippen molar-refractivity contribution >= 4 is 29.1 Å². The fourth-order valence-electron chi connectivity index (χ4n) is 2.35. The molecule has 0 aromatic heterocycles. The summed E-state index contributed by atoms with van der Waals surface area (Å²) in [7, 11) is 0. The van der Waals surface area contributed by atoms with Gasteiger partial charge in [-0.2, -0.15) is 13.2 Å². The van der Waals surface area contributed by atoms with Gasteiger partial charge in [-0.1, -0.05) is 11.6 Å². The Balaban J connectivity index is 2.04. The predicted molar refractivity (Wildman–Crippen MR) is 81.7 cm³/mol. The molecule has 132 valence electrons. The maximum absolute atomic E-state index is 12.8. The standard InChI is InChI=1S/C15H16ClF3N2O3/c1-2-21-5-6-24-12(14(21)23)8-13(22)20-9-3-4-11(16)10(7-9)15(17,18)19/h3-4,7,12H,2,5-6,8H2,1H3,(H,20,22)/t12-/m0/s1. The quantitative estimate of drug-likeness (QED) is 0.893. The van der Waals surface area contributed by atoms with Crippen molar-refractivity contribution in [2.24, 2.45) is 0 Å². The normalized spacial score (nSPS) is 18.6. The van der Waals surface area contributed by atoms with Crippen LogP contribution >= 0.6 is 11.6 Å². The Morgan fingerprint density at radius 1 is 1.46 bits per heavy atom. The van der Waals surface area contributed by atoms with E-state index in [-0.39, 0.29) is 18.0 Å². The van der Waals surface area contributed by atoms with E-state index in [1.54, 1.807) is 4.90 Å². The van der Waals surface area contributed by atoms with Gasteiger partial charge in [-0.25, -0.2) is 0 Å². The predicted octanol–water partition coefficient (Wildman–Crippen LogP) is 2.93. The topological polar surface area (TPSA) is 58.6 Å². The molecule has 1 fully saturated rings. The highest BCUT2D eigenvalue weighted by atomic mass is 35.5. The van der Waals surface area contributed by atoms with Crippen molar-refractivity contribution in [3.63, 3.8) is 0 Å². The largest absolute Gasteiger partial charge is 0.417 e. The minimum absolute atomic E-state index is 0.0488. The number of nitrogens with one attached hydrogen (secondary N) is 1. The molecule has 1 aliphatic heterocycles. The fraction of sp³-hybridized carbons (Fsp3) is 0.467. The summed E-state index contributed by atoms with van der Waals surface area (Å²) in [6, 6.07) is 3.07. The number of hydrogen-bond acceptors (Lipinski definition) is 3. The van der Waals surface area contributed by atoms with Gasteiger partial charge < -0.3 is 15.0 Å². The summed E-state index contributed by atoms with van der Waals surface area (Å²) in [4.78, 5) is 25.6. The summed E-state index contributed by atoms with van der Waals surface area (Å²) in [5.41, 5.74) is -1.09. The van der Waals surface area contributed by atoms with E-state index >= 15 is 0 Å². The molecule has 0 spiro atoms. The number of hydrogen-bond donors (Lipinski definition) is 1. The molecule has 1 heterocycles. The van der Waals surface area contributed by atoms with Crippen molar-refractivity contribution in [2.75, 3.05) is 25.0 Å². The third-order valence-electron chi connectivity index (χ3n) is 3.58. The first-order chi connectivity index (χ1) is 11.2. The molecular formula is C15H16ClF3N2O3. The molecule has 0 radical (unpaired) electrons. The molecule has 0 aliphatic carbocycles. The summed E-state index contributed by atoms with van der Waals surface area (Å²) in [5.74, 6) is -0.910. The van der Waals surface area contributed by atoms with E-state index in [2.05, 4.69) is 5.32 Å². The Bertz CT molecular complexity index is 637. The summed E-state index contributed by atoms with van der Waals surface area (Å²) in [5, 5.41) is 1.88. The average Bonchev–Trinajstić information content (AvgIpc) is 2.50. The Labute approximate surface area is 141 Å². The molecule has 2 amide bonds. The van der Waals surface area contributed by atoms with Crippen LogP contribution in [0.3, 0.4) is 0 Å². The van der Waals surface area contributed by atoms with E-state index in [1.807, 2.05) is 6.92 Å². The molecule has 0 bridgehead atoms. The van der Waals surface area contributed by atoms with E-state index < -0.39 is 28.8 Å². The van der Waals surface area contributed by atoms with Gasteiger partial charge in [0.25, 0.3) is 5.91 Å². The number of rotatable bonds is 4. The molecule has 0 unspecified atom stereocenters. The number of anilines is 1. The smallest absolute Gasteiger partial charge is 0.366 e. The number of ether oxygens (including phenoxy) is 1. The van der Waals surface area contributed by atoms with Gasteiger partial charge in [0.2, 0.25) is 5.91 Å². The highest BCUT2D eigenvalue weighted by Crippen LogP contribution is 2.36. The zero-order valence-electron chi connectivity index (χ0n) is 12.8. The maximum atomic E-state index is 12.8. The van der Waals surface area contributed by atoms with Crippen LogP contribution in [-0.4, -0.2) is 42.5 Å². The first-order valence-corrected chi connectivity index (χ1v) is 7.67. The average molecular weight is 365 g/mol. The monoisotopic (exact) mass is 364 g/mol. The second-order valence-electron chi connectivity index (χ2n) is 5.22. The van der Waals surface area contributed by atoms with Crippen LogP contribution < -0.4 is 5.32 Å². The van der Waals surface area contributed by atoms with Gasteiger partial charge in [0.05, 0.1) is 23.6 Å². The second-order valence-corrected chi connectivity index (χ2v) is 5.63. The van der Waals surface area contributed by atoms with Gasteiger partial charge in [-0.15, -0.1) is 0 Å². The van der Waals surface area contributed by atoms with Crippen LogP contribution in [0.4, 0.5) is 18.9 Å². The van der Waals surface area contributed by atoms with Gasteiger partial charge >= 0.3 is 6.18 Å². The lowest BCUT2D eigenvalue weighted by atomic mass is 10.1. The lowest BCUT2D eigenvalue weighted by molar-refractivity contribution is -0.154. The van der Waals surface area contributed by atoms with Crippen LogP contribution in [0.15, 0.2) is 18.2 Å². The molecule has 1 aromatic rings. The summed E-state index contributed by atoms with van der Waals surface area (Å²) in [6.07, 6.45) is -5.81. The van der Waals surface area contributed by atoms with Crippen molar-refractivity contribution < 1.29 is 27.5 Å². The first-order valence-electron chi connectivity index (χ1n) is 7.29. The Kier molecular flexibility index (Phi) is 5.71. The molecule has 1 saturated heterocycles. The lowest BCUT2D eigenvalue weighted by Gasteiger charge is -2.31. The molecule has 24 heavy (non-hydrogen) atoms. The second kappa shape index (κ2) is 7.40. The highest BCUT2D eigenvalue weighted by Gasteiger charge is 2.34. The molecule has 1 aliphatic rings. The third kappa shape index (κ3) is 4.39. The number of alkyl halides is 3.